The van der Waals surface area contributed by atoms with Crippen LogP contribution >= 0.6 is 0 Å². The Morgan fingerprint density at radius 1 is 1.08 bits per heavy atom. The fourth-order valence-electron chi connectivity index (χ4n) is 4.44. The van der Waals surface area contributed by atoms with Gasteiger partial charge in [-0.3, -0.25) is 19.3 Å². The molecule has 130 valence electrons. The molecule has 2 aliphatic carbocycles. The van der Waals surface area contributed by atoms with Gasteiger partial charge in [0.15, 0.2) is 0 Å². The molecular formula is C20H22N2O3. The summed E-state index contributed by atoms with van der Waals surface area (Å²) in [5.41, 5.74) is 1.16. The highest BCUT2D eigenvalue weighted by molar-refractivity contribution is 6.08. The summed E-state index contributed by atoms with van der Waals surface area (Å²) in [7, 11) is 1.72. The molecule has 4 unspecified atom stereocenters. The highest BCUT2D eigenvalue weighted by Crippen LogP contribution is 2.52. The minimum Gasteiger partial charge on any atom is -0.344 e. The quantitative estimate of drug-likeness (QED) is 0.604. The predicted molar refractivity (Wildman–Crippen MR) is 92.2 cm³/mol. The van der Waals surface area contributed by atoms with E-state index in [1.54, 1.807) is 11.9 Å². The van der Waals surface area contributed by atoms with Crippen LogP contribution in [0.2, 0.25) is 0 Å². The average Bonchev–Trinajstić information content (AvgIpc) is 3.30. The maximum Gasteiger partial charge on any atom is 0.242 e. The van der Waals surface area contributed by atoms with Crippen LogP contribution in [0.25, 0.3) is 0 Å². The number of nitrogens with zero attached hydrogens (tertiary/aromatic N) is 2. The van der Waals surface area contributed by atoms with Gasteiger partial charge in [0, 0.05) is 13.6 Å². The normalized spacial score (nSPS) is 29.4. The van der Waals surface area contributed by atoms with Crippen molar-refractivity contribution in [2.45, 2.75) is 12.8 Å². The number of allylic oxidation sites excluding steroid dienone is 2. The van der Waals surface area contributed by atoms with Crippen LogP contribution in [-0.2, 0) is 20.8 Å². The largest absolute Gasteiger partial charge is 0.344 e. The zero-order valence-corrected chi connectivity index (χ0v) is 14.3. The smallest absolute Gasteiger partial charge is 0.242 e. The van der Waals surface area contributed by atoms with Crippen LogP contribution in [-0.4, -0.2) is 47.7 Å². The number of rotatable bonds is 5. The summed E-state index contributed by atoms with van der Waals surface area (Å²) in [6.07, 6.45) is 5.79. The molecule has 1 aromatic carbocycles. The monoisotopic (exact) mass is 338 g/mol. The zero-order valence-electron chi connectivity index (χ0n) is 14.3. The van der Waals surface area contributed by atoms with Gasteiger partial charge in [-0.1, -0.05) is 42.5 Å². The topological polar surface area (TPSA) is 57.7 Å². The lowest BCUT2D eigenvalue weighted by Crippen LogP contribution is -2.43. The van der Waals surface area contributed by atoms with Crippen molar-refractivity contribution in [1.82, 2.24) is 9.80 Å². The number of hydrogen-bond donors (Lipinski definition) is 0. The predicted octanol–water partition coefficient (Wildman–Crippen LogP) is 1.49. The molecule has 0 radical (unpaired) electrons. The summed E-state index contributed by atoms with van der Waals surface area (Å²) in [5.74, 6) is -0.592. The Balaban J connectivity index is 1.36. The molecule has 1 saturated carbocycles. The fraction of sp³-hybridized carbons (Fsp3) is 0.450. The lowest BCUT2D eigenvalue weighted by molar-refractivity contribution is -0.146. The summed E-state index contributed by atoms with van der Waals surface area (Å²) in [6.45, 7) is 0.439. The maximum atomic E-state index is 12.6. The van der Waals surface area contributed by atoms with Crippen molar-refractivity contribution in [1.29, 1.82) is 0 Å². The molecule has 5 heteroatoms. The van der Waals surface area contributed by atoms with Gasteiger partial charge in [-0.25, -0.2) is 0 Å². The van der Waals surface area contributed by atoms with Gasteiger partial charge in [-0.05, 0) is 30.2 Å². The Bertz CT molecular complexity index is 713. The molecule has 0 N–H and O–H groups in total. The molecule has 1 heterocycles. The van der Waals surface area contributed by atoms with E-state index in [-0.39, 0.29) is 47.9 Å². The molecule has 2 fully saturated rings. The number of imide groups is 1. The minimum absolute atomic E-state index is 0.130. The third-order valence-corrected chi connectivity index (χ3v) is 5.86. The number of hydrogen-bond acceptors (Lipinski definition) is 3. The zero-order chi connectivity index (χ0) is 17.6. The maximum absolute atomic E-state index is 12.6. The molecule has 3 amide bonds. The second-order valence-corrected chi connectivity index (χ2v) is 7.31. The summed E-state index contributed by atoms with van der Waals surface area (Å²) in [4.78, 5) is 40.5. The van der Waals surface area contributed by atoms with E-state index in [0.717, 1.165) is 18.4 Å². The second kappa shape index (κ2) is 6.14. The third-order valence-electron chi connectivity index (χ3n) is 5.86. The molecule has 0 spiro atoms. The van der Waals surface area contributed by atoms with Crippen LogP contribution in [0.15, 0.2) is 42.5 Å². The molecule has 1 saturated heterocycles. The number of carbonyl (C=O) groups excluding carboxylic acids is 3. The summed E-state index contributed by atoms with van der Waals surface area (Å²) in [5, 5.41) is 0. The number of likely N-dealkylation sites (N-methyl/N-ethyl adjacent to an activating group) is 1. The number of fused-ring (bicyclic) bond motifs is 5. The highest BCUT2D eigenvalue weighted by Gasteiger charge is 2.59. The van der Waals surface area contributed by atoms with E-state index < -0.39 is 0 Å². The van der Waals surface area contributed by atoms with Gasteiger partial charge in [0.2, 0.25) is 17.7 Å². The van der Waals surface area contributed by atoms with Crippen molar-refractivity contribution < 1.29 is 14.4 Å². The van der Waals surface area contributed by atoms with Crippen molar-refractivity contribution in [3.8, 4) is 0 Å². The Kier molecular flexibility index (Phi) is 3.94. The van der Waals surface area contributed by atoms with Crippen LogP contribution in [0.5, 0.6) is 0 Å². The first-order valence-corrected chi connectivity index (χ1v) is 8.87. The van der Waals surface area contributed by atoms with Crippen molar-refractivity contribution in [2.24, 2.45) is 23.7 Å². The molecule has 25 heavy (non-hydrogen) atoms. The van der Waals surface area contributed by atoms with E-state index in [2.05, 4.69) is 12.2 Å². The van der Waals surface area contributed by atoms with Gasteiger partial charge in [0.05, 0.1) is 11.8 Å². The van der Waals surface area contributed by atoms with Gasteiger partial charge in [-0.2, -0.15) is 0 Å². The molecule has 1 aliphatic heterocycles. The lowest BCUT2D eigenvalue weighted by atomic mass is 9.85. The number of carbonyl (C=O) groups is 3. The van der Waals surface area contributed by atoms with Crippen molar-refractivity contribution in [2.75, 3.05) is 20.1 Å². The molecule has 4 rings (SSSR count). The Labute approximate surface area is 147 Å². The first-order valence-electron chi connectivity index (χ1n) is 8.87. The first kappa shape index (κ1) is 16.1. The van der Waals surface area contributed by atoms with E-state index in [9.17, 15) is 14.4 Å². The first-order chi connectivity index (χ1) is 12.1. The van der Waals surface area contributed by atoms with E-state index in [4.69, 9.17) is 0 Å². The lowest BCUT2D eigenvalue weighted by Gasteiger charge is -2.22. The summed E-state index contributed by atoms with van der Waals surface area (Å²) in [6, 6.07) is 9.95. The van der Waals surface area contributed by atoms with Crippen LogP contribution in [0.3, 0.4) is 0 Å². The van der Waals surface area contributed by atoms with Crippen LogP contribution in [0, 0.1) is 23.7 Å². The summed E-state index contributed by atoms with van der Waals surface area (Å²) < 4.78 is 0. The molecule has 3 aliphatic rings. The van der Waals surface area contributed by atoms with E-state index in [0.29, 0.717) is 6.54 Å². The SMILES string of the molecule is CN(CCc1ccccc1)C(=O)CN1C(=O)C2C3C=CC(C3)C2C1=O. The number of likely N-dealkylation sites (tertiary alicyclic amines) is 1. The van der Waals surface area contributed by atoms with Crippen LogP contribution in [0.1, 0.15) is 12.0 Å². The fourth-order valence-corrected chi connectivity index (χ4v) is 4.44. The van der Waals surface area contributed by atoms with Gasteiger partial charge >= 0.3 is 0 Å². The van der Waals surface area contributed by atoms with Crippen molar-refractivity contribution in [3.63, 3.8) is 0 Å². The average molecular weight is 338 g/mol. The molecule has 4 atom stereocenters. The van der Waals surface area contributed by atoms with E-state index in [1.807, 2.05) is 30.3 Å². The van der Waals surface area contributed by atoms with E-state index in [1.165, 1.54) is 4.90 Å². The number of benzene rings is 1. The van der Waals surface area contributed by atoms with Crippen molar-refractivity contribution in [3.05, 3.63) is 48.0 Å². The van der Waals surface area contributed by atoms with Gasteiger partial charge in [0.1, 0.15) is 6.54 Å². The Morgan fingerprint density at radius 3 is 2.28 bits per heavy atom. The molecule has 5 nitrogen and oxygen atoms in total. The molecule has 0 aromatic heterocycles. The van der Waals surface area contributed by atoms with Crippen molar-refractivity contribution >= 4 is 17.7 Å². The van der Waals surface area contributed by atoms with Gasteiger partial charge in [0.25, 0.3) is 0 Å². The highest BCUT2D eigenvalue weighted by atomic mass is 16.2. The van der Waals surface area contributed by atoms with E-state index >= 15 is 0 Å². The van der Waals surface area contributed by atoms with Crippen LogP contribution < -0.4 is 0 Å². The number of amides is 3. The standard InChI is InChI=1S/C20H22N2O3/c1-21(10-9-13-5-3-2-4-6-13)16(23)12-22-19(24)17-14-7-8-15(11-14)18(17)20(22)25/h2-8,14-15,17-18H,9-12H2,1H3. The summed E-state index contributed by atoms with van der Waals surface area (Å²) >= 11 is 0. The van der Waals surface area contributed by atoms with Crippen LogP contribution in [0.4, 0.5) is 0 Å². The van der Waals surface area contributed by atoms with Gasteiger partial charge < -0.3 is 4.90 Å². The minimum atomic E-state index is -0.232. The molecule has 2 bridgehead atoms. The molecular weight excluding hydrogens is 316 g/mol. The second-order valence-electron chi connectivity index (χ2n) is 7.31. The Morgan fingerprint density at radius 2 is 1.68 bits per heavy atom. The molecule has 1 aromatic rings. The van der Waals surface area contributed by atoms with Gasteiger partial charge in [-0.15, -0.1) is 0 Å². The third kappa shape index (κ3) is 2.68. The Hall–Kier alpha value is -2.43.